The third kappa shape index (κ3) is 3.15. The van der Waals surface area contributed by atoms with Crippen molar-refractivity contribution < 1.29 is 0 Å². The monoisotopic (exact) mass is 412 g/mol. The normalized spacial score (nSPS) is 11.1. The smallest absolute Gasteiger partial charge is 0.256 e. The minimum absolute atomic E-state index is 0.116. The van der Waals surface area contributed by atoms with Crippen molar-refractivity contribution in [3.63, 3.8) is 0 Å². The number of nitrogens with zero attached hydrogens (tertiary/aromatic N) is 1. The van der Waals surface area contributed by atoms with Crippen molar-refractivity contribution in [2.75, 3.05) is 5.32 Å². The number of halogens is 1. The molecule has 6 heteroatoms. The summed E-state index contributed by atoms with van der Waals surface area (Å²) in [4.78, 5) is 21.0. The Hall–Kier alpha value is -2.31. The molecule has 0 bridgehead atoms. The number of rotatable bonds is 3. The van der Waals surface area contributed by atoms with Gasteiger partial charge in [-0.2, -0.15) is 0 Å². The lowest BCUT2D eigenvalue weighted by molar-refractivity contribution is 1.12. The van der Waals surface area contributed by atoms with Crippen molar-refractivity contribution in [3.05, 3.63) is 75.1 Å². The van der Waals surface area contributed by atoms with E-state index in [0.29, 0.717) is 17.7 Å². The zero-order chi connectivity index (χ0) is 17.4. The van der Waals surface area contributed by atoms with Gasteiger partial charge in [-0.05, 0) is 54.6 Å². The van der Waals surface area contributed by atoms with Gasteiger partial charge in [0, 0.05) is 28.0 Å². The van der Waals surface area contributed by atoms with E-state index in [1.54, 1.807) is 6.20 Å². The van der Waals surface area contributed by atoms with Gasteiger partial charge >= 0.3 is 0 Å². The highest BCUT2D eigenvalue weighted by molar-refractivity contribution is 9.10. The Labute approximate surface area is 157 Å². The number of nitrogens with one attached hydrogen (secondary N) is 2. The van der Waals surface area contributed by atoms with Crippen LogP contribution >= 0.6 is 15.9 Å². The summed E-state index contributed by atoms with van der Waals surface area (Å²) >= 11 is 6.96. The van der Waals surface area contributed by atoms with E-state index in [1.807, 2.05) is 48.5 Å². The van der Waals surface area contributed by atoms with Gasteiger partial charge in [0.1, 0.15) is 10.7 Å². The predicted molar refractivity (Wildman–Crippen MR) is 110 cm³/mol. The largest absolute Gasteiger partial charge is 0.365 e. The van der Waals surface area contributed by atoms with Gasteiger partial charge in [0.05, 0.1) is 10.9 Å². The van der Waals surface area contributed by atoms with Crippen LogP contribution in [0.2, 0.25) is 0 Å². The zero-order valence-electron chi connectivity index (χ0n) is 13.1. The maximum absolute atomic E-state index is 12.4. The van der Waals surface area contributed by atoms with Crippen LogP contribution in [0.5, 0.6) is 0 Å². The molecular weight excluding hydrogens is 398 g/mol. The number of hydrogen-bond acceptors (Lipinski definition) is 3. The summed E-state index contributed by atoms with van der Waals surface area (Å²) in [6, 6.07) is 15.7. The second-order valence-electron chi connectivity index (χ2n) is 5.77. The number of pyridine rings is 2. The summed E-state index contributed by atoms with van der Waals surface area (Å²) in [6.07, 6.45) is 1.65. The fourth-order valence-electron chi connectivity index (χ4n) is 2.87. The average molecular weight is 413 g/mol. The van der Waals surface area contributed by atoms with Gasteiger partial charge in [0.15, 0.2) is 0 Å². The Morgan fingerprint density at radius 3 is 2.68 bits per heavy atom. The molecule has 0 spiro atoms. The van der Waals surface area contributed by atoms with Crippen molar-refractivity contribution in [3.8, 4) is 0 Å². The molecule has 0 aliphatic carbocycles. The highest BCUT2D eigenvalue weighted by Gasteiger charge is 2.11. The van der Waals surface area contributed by atoms with Crippen molar-refractivity contribution in [1.29, 1.82) is 0 Å². The highest BCUT2D eigenvalue weighted by Crippen LogP contribution is 2.29. The van der Waals surface area contributed by atoms with Gasteiger partial charge in [-0.25, -0.2) is 4.98 Å². The minimum Gasteiger partial charge on any atom is -0.365 e. The maximum Gasteiger partial charge on any atom is 0.256 e. The van der Waals surface area contributed by atoms with Crippen LogP contribution in [0.15, 0.2) is 68.9 Å². The van der Waals surface area contributed by atoms with Gasteiger partial charge in [-0.15, -0.1) is 0 Å². The molecule has 124 valence electrons. The van der Waals surface area contributed by atoms with Crippen LogP contribution < -0.4 is 10.9 Å². The number of aromatic amines is 1. The molecule has 4 nitrogen and oxygen atoms in total. The molecule has 2 N–H and O–H groups in total. The van der Waals surface area contributed by atoms with E-state index < -0.39 is 0 Å². The summed E-state index contributed by atoms with van der Waals surface area (Å²) in [5.74, 6) is 0.707. The molecule has 0 amide bonds. The van der Waals surface area contributed by atoms with Crippen LogP contribution in [-0.4, -0.2) is 9.97 Å². The molecule has 0 saturated heterocycles. The van der Waals surface area contributed by atoms with Crippen molar-refractivity contribution in [1.82, 2.24) is 9.97 Å². The molecule has 0 aliphatic heterocycles. The molecule has 2 heterocycles. The summed E-state index contributed by atoms with van der Waals surface area (Å²) in [5.41, 5.74) is 1.80. The fraction of sp³-hybridized carbons (Fsp3) is 0.0526. The topological polar surface area (TPSA) is 57.8 Å². The van der Waals surface area contributed by atoms with E-state index >= 15 is 0 Å². The fourth-order valence-corrected chi connectivity index (χ4v) is 3.40. The van der Waals surface area contributed by atoms with E-state index in [0.717, 1.165) is 31.2 Å². The molecule has 0 radical (unpaired) electrons. The van der Waals surface area contributed by atoms with Crippen LogP contribution in [0.3, 0.4) is 0 Å². The maximum atomic E-state index is 12.4. The Morgan fingerprint density at radius 1 is 1.08 bits per heavy atom. The summed E-state index contributed by atoms with van der Waals surface area (Å²) in [5, 5.41) is 5.66. The van der Waals surface area contributed by atoms with Gasteiger partial charge in [-0.1, -0.05) is 28.1 Å². The molecule has 25 heavy (non-hydrogen) atoms. The third-order valence-corrected chi connectivity index (χ3v) is 4.92. The molecule has 0 saturated carbocycles. The first-order valence-electron chi connectivity index (χ1n) is 7.77. The minimum atomic E-state index is -0.116. The Bertz CT molecular complexity index is 1140. The van der Waals surface area contributed by atoms with E-state index in [9.17, 15) is 4.79 Å². The second-order valence-corrected chi connectivity index (χ2v) is 7.26. The molecule has 0 atom stereocenters. The molecule has 4 rings (SSSR count). The van der Waals surface area contributed by atoms with Gasteiger partial charge in [0.2, 0.25) is 0 Å². The highest BCUT2D eigenvalue weighted by atomic mass is 79.9. The van der Waals surface area contributed by atoms with Gasteiger partial charge in [-0.3, -0.25) is 4.79 Å². The summed E-state index contributed by atoms with van der Waals surface area (Å²) in [7, 11) is 0. The number of H-pyrrole nitrogens is 1. The van der Waals surface area contributed by atoms with Crippen LogP contribution in [-0.2, 0) is 19.2 Å². The summed E-state index contributed by atoms with van der Waals surface area (Å²) in [6.45, 7) is 0.628. The SMILES string of the molecule is O=c1[nH]ccc2c(NCc3ccc([SH2+])cc3)nc3ccc(Br)cc3c12. The number of anilines is 1. The molecule has 0 fully saturated rings. The average Bonchev–Trinajstić information content (AvgIpc) is 2.61. The lowest BCUT2D eigenvalue weighted by atomic mass is 10.1. The van der Waals surface area contributed by atoms with E-state index in [4.69, 9.17) is 4.98 Å². The van der Waals surface area contributed by atoms with E-state index in [1.165, 1.54) is 0 Å². The van der Waals surface area contributed by atoms with E-state index in [2.05, 4.69) is 38.9 Å². The van der Waals surface area contributed by atoms with Crippen molar-refractivity contribution in [2.24, 2.45) is 0 Å². The Balaban J connectivity index is 1.85. The van der Waals surface area contributed by atoms with Crippen LogP contribution in [0.1, 0.15) is 5.56 Å². The van der Waals surface area contributed by atoms with Gasteiger partial charge < -0.3 is 10.3 Å². The van der Waals surface area contributed by atoms with Gasteiger partial charge in [0.25, 0.3) is 5.56 Å². The first-order chi connectivity index (χ1) is 12.1. The van der Waals surface area contributed by atoms with Crippen molar-refractivity contribution >= 4 is 56.1 Å². The summed E-state index contributed by atoms with van der Waals surface area (Å²) < 4.78 is 0.918. The van der Waals surface area contributed by atoms with Crippen LogP contribution in [0.25, 0.3) is 21.7 Å². The first-order valence-corrected chi connectivity index (χ1v) is 9.06. The second kappa shape index (κ2) is 6.54. The lowest BCUT2D eigenvalue weighted by Crippen LogP contribution is -2.09. The third-order valence-electron chi connectivity index (χ3n) is 4.09. The Morgan fingerprint density at radius 2 is 1.88 bits per heavy atom. The molecule has 0 aliphatic rings. The number of benzene rings is 2. The predicted octanol–water partition coefficient (Wildman–Crippen LogP) is 3.82. The lowest BCUT2D eigenvalue weighted by Gasteiger charge is -2.11. The molecule has 2 aromatic heterocycles. The Kier molecular flexibility index (Phi) is 4.23. The zero-order valence-corrected chi connectivity index (χ0v) is 15.7. The van der Waals surface area contributed by atoms with E-state index in [-0.39, 0.29) is 5.56 Å². The standard InChI is InChI=1S/C19H14BrN3OS/c20-12-3-6-16-15(9-12)17-14(7-8-21-19(17)24)18(23-16)22-10-11-1-4-13(25)5-2-11/h1-9,25H,10H2,(H,21,24)(H,22,23)/p+1. The molecule has 2 aromatic carbocycles. The quantitative estimate of drug-likeness (QED) is 0.397. The molecule has 0 unspecified atom stereocenters. The van der Waals surface area contributed by atoms with Crippen LogP contribution in [0, 0.1) is 0 Å². The number of aromatic nitrogens is 2. The molecule has 4 aromatic rings. The van der Waals surface area contributed by atoms with Crippen molar-refractivity contribution in [2.45, 2.75) is 11.4 Å². The first kappa shape index (κ1) is 16.2. The number of hydrogen-bond donors (Lipinski definition) is 2. The van der Waals surface area contributed by atoms with Crippen LogP contribution in [0.4, 0.5) is 5.82 Å². The number of fused-ring (bicyclic) bond motifs is 3. The molecular formula is C19H15BrN3OS+.